The van der Waals surface area contributed by atoms with E-state index in [4.69, 9.17) is 16.3 Å². The molecule has 1 aliphatic carbocycles. The summed E-state index contributed by atoms with van der Waals surface area (Å²) in [5.74, 6) is 1.91. The minimum Gasteiger partial charge on any atom is -0.493 e. The zero-order valence-electron chi connectivity index (χ0n) is 11.4. The third-order valence-corrected chi connectivity index (χ3v) is 4.01. The second-order valence-corrected chi connectivity index (χ2v) is 5.60. The minimum absolute atomic E-state index is 0.0254. The van der Waals surface area contributed by atoms with Gasteiger partial charge in [0.15, 0.2) is 5.78 Å². The van der Waals surface area contributed by atoms with Crippen molar-refractivity contribution in [3.63, 3.8) is 0 Å². The molecular formula is C16H19ClO2. The van der Waals surface area contributed by atoms with E-state index < -0.39 is 0 Å². The van der Waals surface area contributed by atoms with E-state index >= 15 is 0 Å². The summed E-state index contributed by atoms with van der Waals surface area (Å²) in [4.78, 5) is 11.3. The first-order chi connectivity index (χ1) is 9.08. The predicted molar refractivity (Wildman–Crippen MR) is 78.0 cm³/mol. The monoisotopic (exact) mass is 278 g/mol. The Hall–Kier alpha value is -1.28. The number of carbonyl (C=O) groups is 1. The second kappa shape index (κ2) is 6.25. The SMILES string of the molecule is CC(=O)c1ccc(OCC2CC=CCC2C)cc1Cl. The number of Topliss-reactive ketones (excluding diaryl/α,β-unsaturated/α-hetero) is 1. The van der Waals surface area contributed by atoms with Crippen LogP contribution in [-0.4, -0.2) is 12.4 Å². The Morgan fingerprint density at radius 3 is 2.74 bits per heavy atom. The highest BCUT2D eigenvalue weighted by Crippen LogP contribution is 2.27. The van der Waals surface area contributed by atoms with Crippen LogP contribution in [0.1, 0.15) is 37.0 Å². The van der Waals surface area contributed by atoms with Crippen LogP contribution in [0, 0.1) is 11.8 Å². The Labute approximate surface area is 119 Å². The number of benzene rings is 1. The Bertz CT molecular complexity index is 494. The molecule has 102 valence electrons. The molecule has 0 saturated heterocycles. The van der Waals surface area contributed by atoms with E-state index in [0.29, 0.717) is 29.0 Å². The summed E-state index contributed by atoms with van der Waals surface area (Å²) in [7, 11) is 0. The molecule has 1 aromatic carbocycles. The lowest BCUT2D eigenvalue weighted by molar-refractivity contribution is 0.101. The third-order valence-electron chi connectivity index (χ3n) is 3.70. The number of hydrogen-bond donors (Lipinski definition) is 0. The molecule has 1 aromatic rings. The molecule has 19 heavy (non-hydrogen) atoms. The van der Waals surface area contributed by atoms with Gasteiger partial charge in [0, 0.05) is 5.56 Å². The summed E-state index contributed by atoms with van der Waals surface area (Å²) < 4.78 is 5.80. The summed E-state index contributed by atoms with van der Waals surface area (Å²) in [6.07, 6.45) is 6.65. The standard InChI is InChI=1S/C16H19ClO2/c1-11-5-3-4-6-13(11)10-19-14-7-8-15(12(2)18)16(17)9-14/h3-4,7-9,11,13H,5-6,10H2,1-2H3. The van der Waals surface area contributed by atoms with Crippen LogP contribution in [-0.2, 0) is 0 Å². The minimum atomic E-state index is -0.0254. The van der Waals surface area contributed by atoms with Crippen LogP contribution in [0.2, 0.25) is 5.02 Å². The van der Waals surface area contributed by atoms with Crippen LogP contribution in [0.25, 0.3) is 0 Å². The van der Waals surface area contributed by atoms with Crippen molar-refractivity contribution < 1.29 is 9.53 Å². The molecule has 0 radical (unpaired) electrons. The Kier molecular flexibility index (Phi) is 4.65. The van der Waals surface area contributed by atoms with E-state index in [1.807, 2.05) is 6.07 Å². The van der Waals surface area contributed by atoms with Gasteiger partial charge in [0.25, 0.3) is 0 Å². The van der Waals surface area contributed by atoms with E-state index in [2.05, 4.69) is 19.1 Å². The maximum Gasteiger partial charge on any atom is 0.161 e. The summed E-state index contributed by atoms with van der Waals surface area (Å²) >= 11 is 6.06. The Balaban J connectivity index is 1.98. The van der Waals surface area contributed by atoms with Gasteiger partial charge < -0.3 is 4.74 Å². The van der Waals surface area contributed by atoms with Crippen molar-refractivity contribution in [2.24, 2.45) is 11.8 Å². The van der Waals surface area contributed by atoms with Gasteiger partial charge in [-0.25, -0.2) is 0 Å². The first-order valence-electron chi connectivity index (χ1n) is 6.66. The summed E-state index contributed by atoms with van der Waals surface area (Å²) in [5.41, 5.74) is 0.544. The number of allylic oxidation sites excluding steroid dienone is 2. The topological polar surface area (TPSA) is 26.3 Å². The third kappa shape index (κ3) is 3.60. The van der Waals surface area contributed by atoms with E-state index in [9.17, 15) is 4.79 Å². The number of rotatable bonds is 4. The van der Waals surface area contributed by atoms with Gasteiger partial charge in [-0.2, -0.15) is 0 Å². The van der Waals surface area contributed by atoms with E-state index in [0.717, 1.165) is 18.6 Å². The molecule has 0 aliphatic heterocycles. The maximum absolute atomic E-state index is 11.3. The molecule has 2 nitrogen and oxygen atoms in total. The zero-order chi connectivity index (χ0) is 13.8. The quantitative estimate of drug-likeness (QED) is 0.598. The molecule has 0 spiro atoms. The van der Waals surface area contributed by atoms with Crippen molar-refractivity contribution in [2.75, 3.05) is 6.61 Å². The largest absolute Gasteiger partial charge is 0.493 e. The number of hydrogen-bond acceptors (Lipinski definition) is 2. The van der Waals surface area contributed by atoms with Crippen molar-refractivity contribution in [1.82, 2.24) is 0 Å². The lowest BCUT2D eigenvalue weighted by Gasteiger charge is -2.25. The molecule has 3 heteroatoms. The molecular weight excluding hydrogens is 260 g/mol. The first kappa shape index (κ1) is 14.1. The fraction of sp³-hybridized carbons (Fsp3) is 0.438. The highest BCUT2D eigenvalue weighted by atomic mass is 35.5. The lowest BCUT2D eigenvalue weighted by Crippen LogP contribution is -2.21. The molecule has 0 heterocycles. The second-order valence-electron chi connectivity index (χ2n) is 5.19. The Morgan fingerprint density at radius 1 is 1.37 bits per heavy atom. The summed E-state index contributed by atoms with van der Waals surface area (Å²) in [5, 5.41) is 0.460. The molecule has 0 N–H and O–H groups in total. The summed E-state index contributed by atoms with van der Waals surface area (Å²) in [6, 6.07) is 5.26. The number of halogens is 1. The van der Waals surface area contributed by atoms with Crippen molar-refractivity contribution in [3.8, 4) is 5.75 Å². The van der Waals surface area contributed by atoms with Gasteiger partial charge in [0.1, 0.15) is 5.75 Å². The fourth-order valence-corrected chi connectivity index (χ4v) is 2.62. The molecule has 2 unspecified atom stereocenters. The van der Waals surface area contributed by atoms with Gasteiger partial charge in [-0.3, -0.25) is 4.79 Å². The van der Waals surface area contributed by atoms with Crippen molar-refractivity contribution in [3.05, 3.63) is 40.9 Å². The molecule has 2 atom stereocenters. The molecule has 2 rings (SSSR count). The lowest BCUT2D eigenvalue weighted by atomic mass is 9.85. The average Bonchev–Trinajstić information content (AvgIpc) is 2.37. The van der Waals surface area contributed by atoms with Crippen LogP contribution < -0.4 is 4.74 Å². The molecule has 0 saturated carbocycles. The number of carbonyl (C=O) groups excluding carboxylic acids is 1. The highest BCUT2D eigenvalue weighted by molar-refractivity contribution is 6.34. The average molecular weight is 279 g/mol. The normalized spacial score (nSPS) is 22.3. The van der Waals surface area contributed by atoms with Gasteiger partial charge in [0.2, 0.25) is 0 Å². The van der Waals surface area contributed by atoms with Gasteiger partial charge in [-0.05, 0) is 49.8 Å². The summed E-state index contributed by atoms with van der Waals surface area (Å²) in [6.45, 7) is 4.46. The number of ketones is 1. The molecule has 0 fully saturated rings. The predicted octanol–water partition coefficient (Wildman–Crippen LogP) is 4.52. The van der Waals surface area contributed by atoms with Gasteiger partial charge in [-0.1, -0.05) is 30.7 Å². The van der Waals surface area contributed by atoms with Crippen LogP contribution in [0.4, 0.5) is 0 Å². The van der Waals surface area contributed by atoms with Crippen LogP contribution in [0.15, 0.2) is 30.4 Å². The molecule has 0 aromatic heterocycles. The first-order valence-corrected chi connectivity index (χ1v) is 7.04. The smallest absolute Gasteiger partial charge is 0.161 e. The molecule has 1 aliphatic rings. The van der Waals surface area contributed by atoms with Gasteiger partial charge in [0.05, 0.1) is 11.6 Å². The van der Waals surface area contributed by atoms with Gasteiger partial charge >= 0.3 is 0 Å². The zero-order valence-corrected chi connectivity index (χ0v) is 12.1. The maximum atomic E-state index is 11.3. The van der Waals surface area contributed by atoms with Crippen molar-refractivity contribution >= 4 is 17.4 Å². The number of ether oxygens (including phenoxy) is 1. The van der Waals surface area contributed by atoms with E-state index in [-0.39, 0.29) is 5.78 Å². The fourth-order valence-electron chi connectivity index (χ4n) is 2.31. The van der Waals surface area contributed by atoms with Crippen LogP contribution >= 0.6 is 11.6 Å². The Morgan fingerprint density at radius 2 is 2.11 bits per heavy atom. The van der Waals surface area contributed by atoms with Crippen molar-refractivity contribution in [1.29, 1.82) is 0 Å². The van der Waals surface area contributed by atoms with Crippen LogP contribution in [0.5, 0.6) is 5.75 Å². The molecule has 0 bridgehead atoms. The highest BCUT2D eigenvalue weighted by Gasteiger charge is 2.19. The van der Waals surface area contributed by atoms with Crippen LogP contribution in [0.3, 0.4) is 0 Å². The molecule has 0 amide bonds. The van der Waals surface area contributed by atoms with Crippen molar-refractivity contribution in [2.45, 2.75) is 26.7 Å². The van der Waals surface area contributed by atoms with E-state index in [1.54, 1.807) is 12.1 Å². The van der Waals surface area contributed by atoms with Gasteiger partial charge in [-0.15, -0.1) is 0 Å². The van der Waals surface area contributed by atoms with E-state index in [1.165, 1.54) is 6.92 Å².